The summed E-state index contributed by atoms with van der Waals surface area (Å²) in [4.78, 5) is 39.3. The zero-order chi connectivity index (χ0) is 25.1. The standard InChI is InChI=1S/C28H32N6O3/c1-17-14-19-16-33(17)12-13-34-28(36)21-7-5-6-20(23(21)31-34)24-27(35)29-22-9-8-18(26(37-19)25(22)30-24)15-32-10-3-2-4-11-32/h5-9,17,19,31H,2-4,10-16H2,1H3,(H,29,35)/t17-,19?/m1/s1. The second-order valence-corrected chi connectivity index (χ2v) is 10.8. The van der Waals surface area contributed by atoms with Gasteiger partial charge in [-0.1, -0.05) is 24.6 Å². The summed E-state index contributed by atoms with van der Waals surface area (Å²) < 4.78 is 8.45. The molecule has 4 aromatic rings. The number of para-hydroxylation sites is 1. The van der Waals surface area contributed by atoms with Gasteiger partial charge in [-0.2, -0.15) is 0 Å². The molecule has 192 valence electrons. The number of hydrogen-bond donors (Lipinski definition) is 2. The first-order chi connectivity index (χ1) is 18.0. The summed E-state index contributed by atoms with van der Waals surface area (Å²) >= 11 is 0. The van der Waals surface area contributed by atoms with Gasteiger partial charge in [-0.25, -0.2) is 4.98 Å². The second-order valence-electron chi connectivity index (χ2n) is 10.8. The molecule has 3 aliphatic rings. The van der Waals surface area contributed by atoms with Crippen molar-refractivity contribution in [2.24, 2.45) is 0 Å². The van der Waals surface area contributed by atoms with Gasteiger partial charge in [0.1, 0.15) is 17.3 Å². The molecular weight excluding hydrogens is 468 g/mol. The van der Waals surface area contributed by atoms with Crippen LogP contribution in [0.2, 0.25) is 0 Å². The van der Waals surface area contributed by atoms with E-state index in [1.165, 1.54) is 19.3 Å². The summed E-state index contributed by atoms with van der Waals surface area (Å²) in [6.07, 6.45) is 4.64. The molecule has 9 heteroatoms. The van der Waals surface area contributed by atoms with Crippen molar-refractivity contribution in [1.29, 1.82) is 0 Å². The van der Waals surface area contributed by atoms with E-state index in [1.54, 1.807) is 10.7 Å². The van der Waals surface area contributed by atoms with Crippen molar-refractivity contribution in [3.63, 3.8) is 0 Å². The highest BCUT2D eigenvalue weighted by Crippen LogP contribution is 2.34. The molecule has 0 radical (unpaired) electrons. The number of ether oxygens (including phenoxy) is 1. The smallest absolute Gasteiger partial charge is 0.275 e. The predicted octanol–water partition coefficient (Wildman–Crippen LogP) is 3.07. The third-order valence-electron chi connectivity index (χ3n) is 8.35. The van der Waals surface area contributed by atoms with E-state index in [-0.39, 0.29) is 17.2 Å². The van der Waals surface area contributed by atoms with Crippen LogP contribution in [0.1, 0.15) is 38.2 Å². The molecule has 2 N–H and O–H groups in total. The van der Waals surface area contributed by atoms with Crippen LogP contribution < -0.4 is 15.9 Å². The van der Waals surface area contributed by atoms with Crippen LogP contribution in [-0.4, -0.2) is 67.9 Å². The molecule has 2 fully saturated rings. The second kappa shape index (κ2) is 8.85. The molecule has 2 unspecified atom stereocenters. The minimum Gasteiger partial charge on any atom is -0.486 e. The highest BCUT2D eigenvalue weighted by atomic mass is 16.5. The van der Waals surface area contributed by atoms with Crippen molar-refractivity contribution in [2.45, 2.75) is 57.8 Å². The summed E-state index contributed by atoms with van der Waals surface area (Å²) in [6, 6.07) is 9.85. The molecule has 2 aromatic carbocycles. The van der Waals surface area contributed by atoms with Crippen molar-refractivity contribution in [3.8, 4) is 17.0 Å². The normalized spacial score (nSPS) is 24.1. The quantitative estimate of drug-likeness (QED) is 0.439. The van der Waals surface area contributed by atoms with Crippen molar-refractivity contribution >= 4 is 21.9 Å². The molecule has 6 bridgehead atoms. The van der Waals surface area contributed by atoms with Crippen LogP contribution in [0.15, 0.2) is 39.9 Å². The third-order valence-corrected chi connectivity index (χ3v) is 8.35. The zero-order valence-corrected chi connectivity index (χ0v) is 21.1. The van der Waals surface area contributed by atoms with Crippen molar-refractivity contribution in [3.05, 3.63) is 56.6 Å². The van der Waals surface area contributed by atoms with E-state index in [9.17, 15) is 9.59 Å². The largest absolute Gasteiger partial charge is 0.486 e. The molecule has 0 saturated carbocycles. The van der Waals surface area contributed by atoms with Crippen LogP contribution in [0.25, 0.3) is 33.2 Å². The van der Waals surface area contributed by atoms with Gasteiger partial charge in [-0.15, -0.1) is 0 Å². The lowest BCUT2D eigenvalue weighted by Crippen LogP contribution is -2.34. The molecule has 9 nitrogen and oxygen atoms in total. The number of nitrogens with one attached hydrogen (secondary N) is 2. The lowest BCUT2D eigenvalue weighted by atomic mass is 10.1. The topological polar surface area (TPSA) is 99.3 Å². The number of aromatic amines is 2. The van der Waals surface area contributed by atoms with Crippen LogP contribution in [0.3, 0.4) is 0 Å². The van der Waals surface area contributed by atoms with Gasteiger partial charge in [0.25, 0.3) is 11.1 Å². The lowest BCUT2D eigenvalue weighted by Gasteiger charge is -2.28. The number of H-pyrrole nitrogens is 2. The molecule has 3 aliphatic heterocycles. The minimum atomic E-state index is -0.281. The fourth-order valence-corrected chi connectivity index (χ4v) is 6.34. The van der Waals surface area contributed by atoms with Crippen LogP contribution in [-0.2, 0) is 13.1 Å². The van der Waals surface area contributed by atoms with E-state index in [1.807, 2.05) is 18.2 Å². The monoisotopic (exact) mass is 500 g/mol. The Morgan fingerprint density at radius 2 is 1.92 bits per heavy atom. The molecule has 7 rings (SSSR count). The lowest BCUT2D eigenvalue weighted by molar-refractivity contribution is 0.186. The zero-order valence-electron chi connectivity index (χ0n) is 21.1. The number of likely N-dealkylation sites (tertiary alicyclic amines) is 1. The first-order valence-electron chi connectivity index (χ1n) is 13.5. The maximum absolute atomic E-state index is 13.3. The molecule has 37 heavy (non-hydrogen) atoms. The Labute approximate surface area is 214 Å². The Hall–Kier alpha value is -3.43. The average molecular weight is 501 g/mol. The van der Waals surface area contributed by atoms with E-state index >= 15 is 0 Å². The maximum Gasteiger partial charge on any atom is 0.275 e. The Morgan fingerprint density at radius 3 is 2.78 bits per heavy atom. The molecule has 0 aliphatic carbocycles. The van der Waals surface area contributed by atoms with Gasteiger partial charge >= 0.3 is 0 Å². The van der Waals surface area contributed by atoms with Gasteiger partial charge in [-0.05, 0) is 45.0 Å². The number of hydrogen-bond acceptors (Lipinski definition) is 6. The number of fused-ring (bicyclic) bond motifs is 5. The number of rotatable bonds is 2. The first-order valence-corrected chi connectivity index (χ1v) is 13.5. The third kappa shape index (κ3) is 3.88. The highest BCUT2D eigenvalue weighted by molar-refractivity contribution is 5.94. The van der Waals surface area contributed by atoms with Gasteiger partial charge in [-0.3, -0.25) is 29.2 Å². The Balaban J connectivity index is 1.46. The van der Waals surface area contributed by atoms with Gasteiger partial charge in [0.05, 0.1) is 23.0 Å². The van der Waals surface area contributed by atoms with Gasteiger partial charge < -0.3 is 9.72 Å². The van der Waals surface area contributed by atoms with Crippen LogP contribution in [0, 0.1) is 0 Å². The molecule has 2 saturated heterocycles. The molecular formula is C28H32N6O3. The summed E-state index contributed by atoms with van der Waals surface area (Å²) in [5, 5.41) is 3.85. The number of aromatic nitrogens is 4. The fraction of sp³-hybridized carbons (Fsp3) is 0.464. The van der Waals surface area contributed by atoms with Crippen LogP contribution >= 0.6 is 0 Å². The number of nitrogens with zero attached hydrogens (tertiary/aromatic N) is 4. The van der Waals surface area contributed by atoms with Gasteiger partial charge in [0.15, 0.2) is 5.75 Å². The average Bonchev–Trinajstić information content (AvgIpc) is 3.42. The summed E-state index contributed by atoms with van der Waals surface area (Å²) in [6.45, 7) is 7.28. The molecule has 0 spiro atoms. The van der Waals surface area contributed by atoms with E-state index in [4.69, 9.17) is 9.72 Å². The van der Waals surface area contributed by atoms with Crippen LogP contribution in [0.5, 0.6) is 5.75 Å². The summed E-state index contributed by atoms with van der Waals surface area (Å²) in [7, 11) is 0. The predicted molar refractivity (Wildman–Crippen MR) is 143 cm³/mol. The number of benzene rings is 2. The van der Waals surface area contributed by atoms with E-state index in [2.05, 4.69) is 32.9 Å². The maximum atomic E-state index is 13.3. The molecule has 2 aromatic heterocycles. The van der Waals surface area contributed by atoms with Crippen molar-refractivity contribution in [2.75, 3.05) is 26.2 Å². The summed E-state index contributed by atoms with van der Waals surface area (Å²) in [5.74, 6) is 0.773. The highest BCUT2D eigenvalue weighted by Gasteiger charge is 2.32. The SMILES string of the molecule is C[C@@H]1CC2CN1CCn1[nH]c3c(cccc3c1=O)-c1nc3c(c(CN4CCCCC4)ccc3[nH]c1=O)O2. The number of piperidine rings is 1. The molecule has 0 amide bonds. The van der Waals surface area contributed by atoms with E-state index in [0.29, 0.717) is 45.8 Å². The van der Waals surface area contributed by atoms with Gasteiger partial charge in [0.2, 0.25) is 0 Å². The van der Waals surface area contributed by atoms with Gasteiger partial charge in [0, 0.05) is 43.2 Å². The summed E-state index contributed by atoms with van der Waals surface area (Å²) in [5.41, 5.74) is 3.65. The fourth-order valence-electron chi connectivity index (χ4n) is 6.34. The van der Waals surface area contributed by atoms with Crippen molar-refractivity contribution in [1.82, 2.24) is 29.5 Å². The molecule has 3 atom stereocenters. The molecule has 5 heterocycles. The van der Waals surface area contributed by atoms with Crippen LogP contribution in [0.4, 0.5) is 0 Å². The van der Waals surface area contributed by atoms with E-state index in [0.717, 1.165) is 50.5 Å². The Kier molecular flexibility index (Phi) is 5.44. The van der Waals surface area contributed by atoms with Crippen molar-refractivity contribution < 1.29 is 4.74 Å². The van der Waals surface area contributed by atoms with E-state index < -0.39 is 0 Å². The Morgan fingerprint density at radius 1 is 1.05 bits per heavy atom. The minimum absolute atomic E-state index is 0.0136. The Bertz CT molecular complexity index is 1610. The first kappa shape index (κ1) is 22.7.